The lowest BCUT2D eigenvalue weighted by molar-refractivity contribution is 0.467. The van der Waals surface area contributed by atoms with Crippen molar-refractivity contribution in [3.05, 3.63) is 34.5 Å². The predicted molar refractivity (Wildman–Crippen MR) is 77.1 cm³/mol. The van der Waals surface area contributed by atoms with Gasteiger partial charge in [-0.05, 0) is 50.5 Å². The summed E-state index contributed by atoms with van der Waals surface area (Å²) >= 11 is 0. The number of rotatable bonds is 2. The van der Waals surface area contributed by atoms with E-state index in [1.165, 1.54) is 0 Å². The number of phenolic OH excluding ortho intramolecular Hbond substituents is 1. The minimum Gasteiger partial charge on any atom is -0.507 e. The van der Waals surface area contributed by atoms with Crippen molar-refractivity contribution >= 4 is 5.82 Å². The highest BCUT2D eigenvalue weighted by atomic mass is 16.3. The number of hydrogen-bond acceptors (Lipinski definition) is 4. The third-order valence-electron chi connectivity index (χ3n) is 3.37. The van der Waals surface area contributed by atoms with Crippen LogP contribution >= 0.6 is 0 Å². The first-order valence-electron chi connectivity index (χ1n) is 6.37. The Balaban J connectivity index is 2.62. The lowest BCUT2D eigenvalue weighted by Gasteiger charge is -2.11. The molecule has 0 saturated heterocycles. The summed E-state index contributed by atoms with van der Waals surface area (Å²) in [4.78, 5) is 8.91. The Morgan fingerprint density at radius 1 is 1.11 bits per heavy atom. The van der Waals surface area contributed by atoms with Crippen LogP contribution in [-0.4, -0.2) is 15.1 Å². The molecule has 0 saturated carbocycles. The average molecular weight is 257 g/mol. The molecule has 1 aromatic carbocycles. The van der Waals surface area contributed by atoms with Crippen LogP contribution < -0.4 is 5.73 Å². The van der Waals surface area contributed by atoms with E-state index in [1.807, 2.05) is 39.8 Å². The van der Waals surface area contributed by atoms with E-state index in [1.54, 1.807) is 0 Å². The lowest BCUT2D eigenvalue weighted by atomic mass is 10.0. The standard InChI is InChI=1S/C15H19N3O/c1-5-12-10(4)14(16)18-15(17-12)11-6-8(2)13(19)9(3)7-11/h6-7,19H,5H2,1-4H3,(H2,16,17,18). The van der Waals surface area contributed by atoms with E-state index in [0.717, 1.165) is 34.4 Å². The average Bonchev–Trinajstić information content (AvgIpc) is 2.38. The van der Waals surface area contributed by atoms with Crippen molar-refractivity contribution in [1.29, 1.82) is 0 Å². The molecule has 0 radical (unpaired) electrons. The summed E-state index contributed by atoms with van der Waals surface area (Å²) in [6.45, 7) is 7.71. The van der Waals surface area contributed by atoms with Crippen LogP contribution in [0.2, 0.25) is 0 Å². The molecule has 3 N–H and O–H groups in total. The first-order chi connectivity index (χ1) is 8.93. The van der Waals surface area contributed by atoms with Crippen molar-refractivity contribution in [1.82, 2.24) is 9.97 Å². The summed E-state index contributed by atoms with van der Waals surface area (Å²) in [5.74, 6) is 1.45. The van der Waals surface area contributed by atoms with Gasteiger partial charge in [0.05, 0.1) is 0 Å². The first kappa shape index (κ1) is 13.3. The van der Waals surface area contributed by atoms with Crippen LogP contribution in [0.1, 0.15) is 29.3 Å². The number of nitrogen functional groups attached to an aromatic ring is 1. The monoisotopic (exact) mass is 257 g/mol. The minimum atomic E-state index is 0.319. The second-order valence-electron chi connectivity index (χ2n) is 4.82. The molecule has 0 fully saturated rings. The Morgan fingerprint density at radius 3 is 2.21 bits per heavy atom. The van der Waals surface area contributed by atoms with E-state index >= 15 is 0 Å². The van der Waals surface area contributed by atoms with Crippen molar-refractivity contribution in [2.24, 2.45) is 0 Å². The molecule has 4 heteroatoms. The molecule has 1 aromatic heterocycles. The molecule has 2 rings (SSSR count). The smallest absolute Gasteiger partial charge is 0.161 e. The van der Waals surface area contributed by atoms with Crippen LogP contribution in [0.3, 0.4) is 0 Å². The van der Waals surface area contributed by atoms with Gasteiger partial charge < -0.3 is 10.8 Å². The van der Waals surface area contributed by atoms with Gasteiger partial charge >= 0.3 is 0 Å². The summed E-state index contributed by atoms with van der Waals surface area (Å²) in [5.41, 5.74) is 10.4. The number of benzene rings is 1. The molecule has 0 aliphatic heterocycles. The van der Waals surface area contributed by atoms with Gasteiger partial charge in [0.15, 0.2) is 5.82 Å². The van der Waals surface area contributed by atoms with Gasteiger partial charge in [0.1, 0.15) is 11.6 Å². The molecule has 0 spiro atoms. The number of nitrogens with zero attached hydrogens (tertiary/aromatic N) is 2. The number of hydrogen-bond donors (Lipinski definition) is 2. The molecule has 4 nitrogen and oxygen atoms in total. The highest BCUT2D eigenvalue weighted by molar-refractivity contribution is 5.63. The van der Waals surface area contributed by atoms with Gasteiger partial charge in [0, 0.05) is 16.8 Å². The Hall–Kier alpha value is -2.10. The van der Waals surface area contributed by atoms with Gasteiger partial charge in [-0.1, -0.05) is 6.92 Å². The van der Waals surface area contributed by atoms with E-state index in [9.17, 15) is 5.11 Å². The van der Waals surface area contributed by atoms with Crippen LogP contribution in [0.15, 0.2) is 12.1 Å². The van der Waals surface area contributed by atoms with E-state index < -0.39 is 0 Å². The number of nitrogens with two attached hydrogens (primary N) is 1. The van der Waals surface area contributed by atoms with Crippen LogP contribution in [0, 0.1) is 20.8 Å². The second-order valence-corrected chi connectivity index (χ2v) is 4.82. The Labute approximate surface area is 113 Å². The number of aromatic nitrogens is 2. The van der Waals surface area contributed by atoms with Gasteiger partial charge in [-0.25, -0.2) is 9.97 Å². The molecule has 0 unspecified atom stereocenters. The largest absolute Gasteiger partial charge is 0.507 e. The Morgan fingerprint density at radius 2 is 1.68 bits per heavy atom. The van der Waals surface area contributed by atoms with Crippen LogP contribution in [0.4, 0.5) is 5.82 Å². The summed E-state index contributed by atoms with van der Waals surface area (Å²) < 4.78 is 0. The number of anilines is 1. The Bertz CT molecular complexity index is 613. The molecular formula is C15H19N3O. The van der Waals surface area contributed by atoms with E-state index in [4.69, 9.17) is 5.73 Å². The predicted octanol–water partition coefficient (Wildman–Crippen LogP) is 2.92. The molecule has 1 heterocycles. The first-order valence-corrected chi connectivity index (χ1v) is 6.37. The third-order valence-corrected chi connectivity index (χ3v) is 3.37. The maximum atomic E-state index is 9.81. The topological polar surface area (TPSA) is 72.0 Å². The highest BCUT2D eigenvalue weighted by Crippen LogP contribution is 2.28. The molecule has 0 aliphatic rings. The zero-order chi connectivity index (χ0) is 14.2. The summed E-state index contributed by atoms with van der Waals surface area (Å²) in [5, 5.41) is 9.81. The SMILES string of the molecule is CCc1nc(-c2cc(C)c(O)c(C)c2)nc(N)c1C. The minimum absolute atomic E-state index is 0.319. The van der Waals surface area contributed by atoms with Crippen molar-refractivity contribution in [2.75, 3.05) is 5.73 Å². The van der Waals surface area contributed by atoms with Gasteiger partial charge in [-0.15, -0.1) is 0 Å². The van der Waals surface area contributed by atoms with Gasteiger partial charge in [0.25, 0.3) is 0 Å². The number of aromatic hydroxyl groups is 1. The van der Waals surface area contributed by atoms with E-state index in [-0.39, 0.29) is 0 Å². The molecule has 0 amide bonds. The van der Waals surface area contributed by atoms with Gasteiger partial charge in [-0.3, -0.25) is 0 Å². The quantitative estimate of drug-likeness (QED) is 0.867. The summed E-state index contributed by atoms with van der Waals surface area (Å²) in [6.07, 6.45) is 0.821. The van der Waals surface area contributed by atoms with Crippen molar-refractivity contribution in [3.63, 3.8) is 0 Å². The van der Waals surface area contributed by atoms with Crippen molar-refractivity contribution < 1.29 is 5.11 Å². The van der Waals surface area contributed by atoms with Crippen LogP contribution in [0.25, 0.3) is 11.4 Å². The van der Waals surface area contributed by atoms with E-state index in [0.29, 0.717) is 17.4 Å². The van der Waals surface area contributed by atoms with Crippen molar-refractivity contribution in [3.8, 4) is 17.1 Å². The molecule has 0 atom stereocenters. The molecule has 0 bridgehead atoms. The van der Waals surface area contributed by atoms with Crippen molar-refractivity contribution in [2.45, 2.75) is 34.1 Å². The van der Waals surface area contributed by atoms with Crippen LogP contribution in [-0.2, 0) is 6.42 Å². The molecule has 2 aromatic rings. The van der Waals surface area contributed by atoms with Crippen LogP contribution in [0.5, 0.6) is 5.75 Å². The number of phenols is 1. The third kappa shape index (κ3) is 2.38. The molecule has 0 aliphatic carbocycles. The number of aryl methyl sites for hydroxylation is 3. The maximum absolute atomic E-state index is 9.81. The Kier molecular flexibility index (Phi) is 3.42. The molecular weight excluding hydrogens is 238 g/mol. The normalized spacial score (nSPS) is 10.7. The fraction of sp³-hybridized carbons (Fsp3) is 0.333. The molecule has 100 valence electrons. The summed E-state index contributed by atoms with van der Waals surface area (Å²) in [7, 11) is 0. The van der Waals surface area contributed by atoms with Gasteiger partial charge in [0.2, 0.25) is 0 Å². The second kappa shape index (κ2) is 4.88. The zero-order valence-electron chi connectivity index (χ0n) is 11.8. The highest BCUT2D eigenvalue weighted by Gasteiger charge is 2.11. The maximum Gasteiger partial charge on any atom is 0.161 e. The fourth-order valence-corrected chi connectivity index (χ4v) is 2.14. The lowest BCUT2D eigenvalue weighted by Crippen LogP contribution is -2.04. The van der Waals surface area contributed by atoms with E-state index in [2.05, 4.69) is 9.97 Å². The fourth-order valence-electron chi connectivity index (χ4n) is 2.14. The molecule has 19 heavy (non-hydrogen) atoms. The van der Waals surface area contributed by atoms with Gasteiger partial charge in [-0.2, -0.15) is 0 Å². The zero-order valence-corrected chi connectivity index (χ0v) is 11.8. The summed E-state index contributed by atoms with van der Waals surface area (Å²) in [6, 6.07) is 3.76.